The molecule has 110 valence electrons. The lowest BCUT2D eigenvalue weighted by atomic mass is 10.1. The van der Waals surface area contributed by atoms with Crippen molar-refractivity contribution in [2.24, 2.45) is 5.73 Å². The zero-order valence-electron chi connectivity index (χ0n) is 12.3. The highest BCUT2D eigenvalue weighted by Gasteiger charge is 2.11. The Balaban J connectivity index is 2.66. The smallest absolute Gasteiger partial charge is 0.253 e. The summed E-state index contributed by atoms with van der Waals surface area (Å²) in [5.74, 6) is -0.218. The number of carbonyl (C=O) groups excluding carboxylic acids is 2. The quantitative estimate of drug-likeness (QED) is 0.833. The fraction of sp³-hybridized carbons (Fsp3) is 0.467. The lowest BCUT2D eigenvalue weighted by Gasteiger charge is -2.13. The molecule has 0 aliphatic carbocycles. The maximum atomic E-state index is 11.8. The Labute approximate surface area is 120 Å². The largest absolute Gasteiger partial charge is 0.345 e. The van der Waals surface area contributed by atoms with E-state index in [4.69, 9.17) is 5.73 Å². The molecule has 0 spiro atoms. The summed E-state index contributed by atoms with van der Waals surface area (Å²) in [6.07, 6.45) is 2.08. The van der Waals surface area contributed by atoms with Crippen LogP contribution < -0.4 is 11.1 Å². The Morgan fingerprint density at radius 3 is 2.65 bits per heavy atom. The van der Waals surface area contributed by atoms with E-state index in [1.807, 2.05) is 6.92 Å². The number of hydrogen-bond acceptors (Lipinski definition) is 3. The van der Waals surface area contributed by atoms with Gasteiger partial charge in [-0.3, -0.25) is 9.59 Å². The highest BCUT2D eigenvalue weighted by atomic mass is 16.2. The molecule has 1 unspecified atom stereocenters. The molecule has 0 bridgehead atoms. The van der Waals surface area contributed by atoms with Crippen LogP contribution in [0.25, 0.3) is 0 Å². The molecule has 1 aromatic carbocycles. The van der Waals surface area contributed by atoms with Gasteiger partial charge in [0, 0.05) is 37.8 Å². The monoisotopic (exact) mass is 277 g/mol. The van der Waals surface area contributed by atoms with Crippen LogP contribution in [0.5, 0.6) is 0 Å². The second-order valence-corrected chi connectivity index (χ2v) is 5.08. The van der Waals surface area contributed by atoms with Gasteiger partial charge in [-0.1, -0.05) is 19.4 Å². The zero-order valence-corrected chi connectivity index (χ0v) is 12.3. The van der Waals surface area contributed by atoms with Crippen LogP contribution in [0, 0.1) is 0 Å². The van der Waals surface area contributed by atoms with E-state index in [0.29, 0.717) is 17.7 Å². The first kappa shape index (κ1) is 16.2. The van der Waals surface area contributed by atoms with E-state index in [-0.39, 0.29) is 17.9 Å². The lowest BCUT2D eigenvalue weighted by molar-refractivity contribution is -0.116. The molecule has 5 heteroatoms. The molecule has 1 atom stereocenters. The molecule has 0 radical (unpaired) electrons. The first-order valence-electron chi connectivity index (χ1n) is 6.81. The van der Waals surface area contributed by atoms with Crippen molar-refractivity contribution in [3.63, 3.8) is 0 Å². The van der Waals surface area contributed by atoms with E-state index in [2.05, 4.69) is 5.32 Å². The molecule has 1 aromatic rings. The van der Waals surface area contributed by atoms with E-state index >= 15 is 0 Å². The van der Waals surface area contributed by atoms with Crippen molar-refractivity contribution in [3.8, 4) is 0 Å². The highest BCUT2D eigenvalue weighted by Crippen LogP contribution is 2.13. The Hall–Kier alpha value is -1.88. The van der Waals surface area contributed by atoms with E-state index in [1.165, 1.54) is 4.90 Å². The number of nitrogens with zero attached hydrogens (tertiary/aromatic N) is 1. The number of amides is 2. The maximum Gasteiger partial charge on any atom is 0.253 e. The molecule has 20 heavy (non-hydrogen) atoms. The summed E-state index contributed by atoms with van der Waals surface area (Å²) < 4.78 is 0. The van der Waals surface area contributed by atoms with Gasteiger partial charge in [0.1, 0.15) is 0 Å². The van der Waals surface area contributed by atoms with Gasteiger partial charge in [0.15, 0.2) is 0 Å². The second-order valence-electron chi connectivity index (χ2n) is 5.08. The van der Waals surface area contributed by atoms with Gasteiger partial charge < -0.3 is 16.0 Å². The van der Waals surface area contributed by atoms with Crippen molar-refractivity contribution in [3.05, 3.63) is 29.8 Å². The van der Waals surface area contributed by atoms with E-state index < -0.39 is 0 Å². The molecule has 0 aliphatic rings. The fourth-order valence-corrected chi connectivity index (χ4v) is 1.91. The summed E-state index contributed by atoms with van der Waals surface area (Å²) in [4.78, 5) is 25.2. The first-order valence-corrected chi connectivity index (χ1v) is 6.81. The third-order valence-electron chi connectivity index (χ3n) is 2.91. The van der Waals surface area contributed by atoms with Crippen LogP contribution in [-0.4, -0.2) is 36.9 Å². The predicted molar refractivity (Wildman–Crippen MR) is 80.6 cm³/mol. The zero-order chi connectivity index (χ0) is 15.1. The van der Waals surface area contributed by atoms with Gasteiger partial charge >= 0.3 is 0 Å². The van der Waals surface area contributed by atoms with Crippen molar-refractivity contribution < 1.29 is 9.59 Å². The normalized spacial score (nSPS) is 11.8. The van der Waals surface area contributed by atoms with Gasteiger partial charge in [-0.15, -0.1) is 0 Å². The summed E-state index contributed by atoms with van der Waals surface area (Å²) in [7, 11) is 3.38. The highest BCUT2D eigenvalue weighted by molar-refractivity contribution is 5.97. The number of benzene rings is 1. The Bertz CT molecular complexity index is 472. The van der Waals surface area contributed by atoms with Gasteiger partial charge in [-0.2, -0.15) is 0 Å². The van der Waals surface area contributed by atoms with Crippen LogP contribution in [0.4, 0.5) is 5.69 Å². The standard InChI is InChI=1S/C15H23N3O2/c1-4-6-12(16)10-14(19)17-13-8-5-7-11(9-13)15(20)18(2)3/h5,7-9,12H,4,6,10,16H2,1-3H3,(H,17,19). The van der Waals surface area contributed by atoms with Gasteiger partial charge in [0.25, 0.3) is 5.91 Å². The number of nitrogens with two attached hydrogens (primary N) is 1. The van der Waals surface area contributed by atoms with Gasteiger partial charge in [-0.25, -0.2) is 0 Å². The number of rotatable bonds is 6. The minimum atomic E-state index is -0.125. The van der Waals surface area contributed by atoms with E-state index in [9.17, 15) is 9.59 Å². The summed E-state index contributed by atoms with van der Waals surface area (Å²) >= 11 is 0. The summed E-state index contributed by atoms with van der Waals surface area (Å²) in [5.41, 5.74) is 7.00. The second kappa shape index (κ2) is 7.65. The molecule has 0 fully saturated rings. The first-order chi connectivity index (χ1) is 9.43. The fourth-order valence-electron chi connectivity index (χ4n) is 1.91. The predicted octanol–water partition coefficient (Wildman–Crippen LogP) is 1.84. The average Bonchev–Trinajstić information content (AvgIpc) is 2.37. The van der Waals surface area contributed by atoms with E-state index in [1.54, 1.807) is 38.4 Å². The number of carbonyl (C=O) groups is 2. The average molecular weight is 277 g/mol. The molecular weight excluding hydrogens is 254 g/mol. The molecule has 2 amide bonds. The van der Waals surface area contributed by atoms with Crippen molar-refractivity contribution >= 4 is 17.5 Å². The molecule has 1 rings (SSSR count). The molecule has 5 nitrogen and oxygen atoms in total. The third-order valence-corrected chi connectivity index (χ3v) is 2.91. The summed E-state index contributed by atoms with van der Waals surface area (Å²) in [5, 5.41) is 2.78. The van der Waals surface area contributed by atoms with Crippen LogP contribution in [0.1, 0.15) is 36.5 Å². The number of hydrogen-bond donors (Lipinski definition) is 2. The van der Waals surface area contributed by atoms with Crippen LogP contribution in [0.15, 0.2) is 24.3 Å². The summed E-state index contributed by atoms with van der Waals surface area (Å²) in [6.45, 7) is 2.04. The van der Waals surface area contributed by atoms with Crippen molar-refractivity contribution in [2.45, 2.75) is 32.2 Å². The molecule has 0 heterocycles. The minimum Gasteiger partial charge on any atom is -0.345 e. The lowest BCUT2D eigenvalue weighted by Crippen LogP contribution is -2.27. The van der Waals surface area contributed by atoms with E-state index in [0.717, 1.165) is 12.8 Å². The minimum absolute atomic E-state index is 0.0937. The SMILES string of the molecule is CCCC(N)CC(=O)Nc1cccc(C(=O)N(C)C)c1. The molecular formula is C15H23N3O2. The Morgan fingerprint density at radius 1 is 1.35 bits per heavy atom. The Kier molecular flexibility index (Phi) is 6.18. The molecule has 0 saturated heterocycles. The van der Waals surface area contributed by atoms with Crippen LogP contribution in [-0.2, 0) is 4.79 Å². The third kappa shape index (κ3) is 5.01. The number of anilines is 1. The molecule has 0 aliphatic heterocycles. The molecule has 0 saturated carbocycles. The van der Waals surface area contributed by atoms with Crippen molar-refractivity contribution in [1.82, 2.24) is 4.90 Å². The van der Waals surface area contributed by atoms with Gasteiger partial charge in [-0.05, 0) is 24.6 Å². The van der Waals surface area contributed by atoms with Crippen LogP contribution >= 0.6 is 0 Å². The van der Waals surface area contributed by atoms with Crippen molar-refractivity contribution in [2.75, 3.05) is 19.4 Å². The number of nitrogens with one attached hydrogen (secondary N) is 1. The van der Waals surface area contributed by atoms with Crippen LogP contribution in [0.3, 0.4) is 0 Å². The maximum absolute atomic E-state index is 11.8. The van der Waals surface area contributed by atoms with Gasteiger partial charge in [0.2, 0.25) is 5.91 Å². The molecule has 0 aromatic heterocycles. The molecule has 3 N–H and O–H groups in total. The topological polar surface area (TPSA) is 75.4 Å². The van der Waals surface area contributed by atoms with Gasteiger partial charge in [0.05, 0.1) is 0 Å². The van der Waals surface area contributed by atoms with Crippen molar-refractivity contribution in [1.29, 1.82) is 0 Å². The Morgan fingerprint density at radius 2 is 2.05 bits per heavy atom. The van der Waals surface area contributed by atoms with Crippen LogP contribution in [0.2, 0.25) is 0 Å². The summed E-state index contributed by atoms with van der Waals surface area (Å²) in [6, 6.07) is 6.78.